The number of nitrogens with zero attached hydrogens (tertiary/aromatic N) is 2. The molecule has 0 bridgehead atoms. The van der Waals surface area contributed by atoms with Crippen LogP contribution in [-0.4, -0.2) is 50.3 Å². The van der Waals surface area contributed by atoms with Crippen LogP contribution in [0.25, 0.3) is 10.2 Å². The number of aryl methyl sites for hydroxylation is 2. The molecule has 158 valence electrons. The molecule has 1 aromatic heterocycles. The SMILES string of the molecule is CCc1ccc2nc(N(CC[NH+]3CCOCC3)C(=O)CCc3ccccc3)sc2c1. The second kappa shape index (κ2) is 10.2. The maximum absolute atomic E-state index is 13.2. The highest BCUT2D eigenvalue weighted by molar-refractivity contribution is 7.22. The predicted octanol–water partition coefficient (Wildman–Crippen LogP) is 2.74. The van der Waals surface area contributed by atoms with Crippen LogP contribution in [0.1, 0.15) is 24.5 Å². The highest BCUT2D eigenvalue weighted by Gasteiger charge is 2.23. The van der Waals surface area contributed by atoms with Crippen LogP contribution in [0.3, 0.4) is 0 Å². The molecule has 0 atom stereocenters. The van der Waals surface area contributed by atoms with Crippen LogP contribution in [0.15, 0.2) is 48.5 Å². The molecule has 0 aliphatic carbocycles. The molecule has 2 aromatic carbocycles. The predicted molar refractivity (Wildman–Crippen MR) is 122 cm³/mol. The average molecular weight is 425 g/mol. The molecule has 30 heavy (non-hydrogen) atoms. The Morgan fingerprint density at radius 2 is 1.93 bits per heavy atom. The third-order valence-corrected chi connectivity index (χ3v) is 6.78. The van der Waals surface area contributed by atoms with Crippen molar-refractivity contribution in [3.8, 4) is 0 Å². The van der Waals surface area contributed by atoms with E-state index < -0.39 is 0 Å². The van der Waals surface area contributed by atoms with Gasteiger partial charge >= 0.3 is 0 Å². The van der Waals surface area contributed by atoms with Gasteiger partial charge in [0.25, 0.3) is 0 Å². The third-order valence-electron chi connectivity index (χ3n) is 5.74. The van der Waals surface area contributed by atoms with Crippen molar-refractivity contribution in [3.05, 3.63) is 59.7 Å². The molecule has 0 unspecified atom stereocenters. The number of amides is 1. The number of hydrogen-bond acceptors (Lipinski definition) is 4. The van der Waals surface area contributed by atoms with E-state index in [4.69, 9.17) is 9.72 Å². The molecule has 3 aromatic rings. The number of aromatic nitrogens is 1. The Morgan fingerprint density at radius 1 is 1.13 bits per heavy atom. The number of anilines is 1. The molecule has 1 N–H and O–H groups in total. The van der Waals surface area contributed by atoms with Gasteiger partial charge in [-0.3, -0.25) is 9.69 Å². The lowest BCUT2D eigenvalue weighted by Gasteiger charge is -2.27. The van der Waals surface area contributed by atoms with Crippen molar-refractivity contribution in [3.63, 3.8) is 0 Å². The highest BCUT2D eigenvalue weighted by Crippen LogP contribution is 2.30. The van der Waals surface area contributed by atoms with E-state index in [-0.39, 0.29) is 5.91 Å². The summed E-state index contributed by atoms with van der Waals surface area (Å²) in [4.78, 5) is 21.5. The van der Waals surface area contributed by atoms with Crippen LogP contribution in [-0.2, 0) is 22.4 Å². The summed E-state index contributed by atoms with van der Waals surface area (Å²) in [6, 6.07) is 16.6. The molecular formula is C24H30N3O2S+. The Hall–Kier alpha value is -2.28. The van der Waals surface area contributed by atoms with Crippen molar-refractivity contribution in [1.82, 2.24) is 4.98 Å². The van der Waals surface area contributed by atoms with Gasteiger partial charge in [0.1, 0.15) is 13.1 Å². The lowest BCUT2D eigenvalue weighted by atomic mass is 10.1. The van der Waals surface area contributed by atoms with Gasteiger partial charge in [-0.15, -0.1) is 0 Å². The minimum atomic E-state index is 0.154. The smallest absolute Gasteiger partial charge is 0.229 e. The van der Waals surface area contributed by atoms with Gasteiger partial charge in [-0.05, 0) is 36.1 Å². The Kier molecular flexibility index (Phi) is 7.10. The Balaban J connectivity index is 1.51. The van der Waals surface area contributed by atoms with E-state index in [0.717, 1.165) is 61.0 Å². The van der Waals surface area contributed by atoms with Gasteiger partial charge in [-0.2, -0.15) is 0 Å². The summed E-state index contributed by atoms with van der Waals surface area (Å²) >= 11 is 1.63. The molecule has 0 radical (unpaired) electrons. The molecule has 0 saturated carbocycles. The van der Waals surface area contributed by atoms with Crippen molar-refractivity contribution in [2.45, 2.75) is 26.2 Å². The number of ether oxygens (including phenoxy) is 1. The molecule has 1 amide bonds. The number of thiazole rings is 1. The Labute approximate surface area is 182 Å². The molecule has 1 aliphatic heterocycles. The summed E-state index contributed by atoms with van der Waals surface area (Å²) in [5.74, 6) is 0.154. The summed E-state index contributed by atoms with van der Waals surface area (Å²) in [6.45, 7) is 7.40. The number of carbonyl (C=O) groups excluding carboxylic acids is 1. The van der Waals surface area contributed by atoms with E-state index >= 15 is 0 Å². The monoisotopic (exact) mass is 424 g/mol. The molecule has 1 saturated heterocycles. The molecular weight excluding hydrogens is 394 g/mol. The van der Waals surface area contributed by atoms with Crippen LogP contribution < -0.4 is 9.80 Å². The largest absolute Gasteiger partial charge is 0.370 e. The molecule has 1 aliphatic rings. The first-order valence-corrected chi connectivity index (χ1v) is 11.7. The summed E-state index contributed by atoms with van der Waals surface area (Å²) in [5.41, 5.74) is 3.48. The lowest BCUT2D eigenvalue weighted by Crippen LogP contribution is -3.14. The van der Waals surface area contributed by atoms with Crippen LogP contribution in [0, 0.1) is 0 Å². The Morgan fingerprint density at radius 3 is 2.70 bits per heavy atom. The van der Waals surface area contributed by atoms with E-state index in [2.05, 4.69) is 37.3 Å². The fraction of sp³-hybridized carbons (Fsp3) is 0.417. The Bertz CT molecular complexity index is 967. The van der Waals surface area contributed by atoms with Crippen molar-refractivity contribution >= 4 is 32.6 Å². The molecule has 4 rings (SSSR count). The van der Waals surface area contributed by atoms with Crippen LogP contribution in [0.2, 0.25) is 0 Å². The van der Waals surface area contributed by atoms with Gasteiger partial charge in [0.2, 0.25) is 5.91 Å². The summed E-state index contributed by atoms with van der Waals surface area (Å²) in [6.07, 6.45) is 2.26. The fourth-order valence-electron chi connectivity index (χ4n) is 3.83. The maximum Gasteiger partial charge on any atom is 0.229 e. The normalized spacial score (nSPS) is 14.8. The minimum Gasteiger partial charge on any atom is -0.370 e. The number of nitrogens with one attached hydrogen (secondary N) is 1. The molecule has 5 nitrogen and oxygen atoms in total. The van der Waals surface area contributed by atoms with Gasteiger partial charge in [0, 0.05) is 6.42 Å². The zero-order valence-corrected chi connectivity index (χ0v) is 18.4. The van der Waals surface area contributed by atoms with Crippen molar-refractivity contribution in [2.24, 2.45) is 0 Å². The molecule has 2 heterocycles. The van der Waals surface area contributed by atoms with Crippen LogP contribution in [0.5, 0.6) is 0 Å². The maximum atomic E-state index is 13.2. The van der Waals surface area contributed by atoms with E-state index in [1.807, 2.05) is 23.1 Å². The highest BCUT2D eigenvalue weighted by atomic mass is 32.1. The number of fused-ring (bicyclic) bond motifs is 1. The number of carbonyl (C=O) groups is 1. The van der Waals surface area contributed by atoms with Gasteiger partial charge in [0.05, 0.1) is 36.5 Å². The first kappa shape index (κ1) is 21.0. The average Bonchev–Trinajstić information content (AvgIpc) is 3.22. The van der Waals surface area contributed by atoms with Gasteiger partial charge in [-0.1, -0.05) is 54.7 Å². The summed E-state index contributed by atoms with van der Waals surface area (Å²) in [5, 5.41) is 0.823. The van der Waals surface area contributed by atoms with Crippen molar-refractivity contribution < 1.29 is 14.4 Å². The van der Waals surface area contributed by atoms with Crippen molar-refractivity contribution in [2.75, 3.05) is 44.3 Å². The van der Waals surface area contributed by atoms with Crippen molar-refractivity contribution in [1.29, 1.82) is 0 Å². The molecule has 1 fully saturated rings. The third kappa shape index (κ3) is 5.25. The van der Waals surface area contributed by atoms with Crippen LogP contribution in [0.4, 0.5) is 5.13 Å². The number of benzene rings is 2. The topological polar surface area (TPSA) is 46.9 Å². The first-order chi connectivity index (χ1) is 14.7. The van der Waals surface area contributed by atoms with E-state index in [1.165, 1.54) is 16.0 Å². The first-order valence-electron chi connectivity index (χ1n) is 10.9. The van der Waals surface area contributed by atoms with Gasteiger partial charge < -0.3 is 9.64 Å². The number of morpholine rings is 1. The lowest BCUT2D eigenvalue weighted by molar-refractivity contribution is -0.906. The summed E-state index contributed by atoms with van der Waals surface area (Å²) in [7, 11) is 0. The standard InChI is InChI=1S/C24H29N3O2S/c1-2-19-8-10-21-22(18-19)30-24(25-21)27(13-12-26-14-16-29-17-15-26)23(28)11-9-20-6-4-3-5-7-20/h3-8,10,18H,2,9,11-17H2,1H3/p+1. The number of quaternary nitrogens is 1. The second-order valence-electron chi connectivity index (χ2n) is 7.80. The quantitative estimate of drug-likeness (QED) is 0.605. The zero-order valence-electron chi connectivity index (χ0n) is 17.6. The van der Waals surface area contributed by atoms with E-state index in [1.54, 1.807) is 11.3 Å². The summed E-state index contributed by atoms with van der Waals surface area (Å²) < 4.78 is 6.63. The minimum absolute atomic E-state index is 0.154. The zero-order chi connectivity index (χ0) is 20.8. The van der Waals surface area contributed by atoms with Crippen LogP contribution >= 0.6 is 11.3 Å². The molecule has 6 heteroatoms. The number of hydrogen-bond donors (Lipinski definition) is 1. The van der Waals surface area contributed by atoms with Gasteiger partial charge in [-0.25, -0.2) is 4.98 Å². The number of rotatable bonds is 8. The van der Waals surface area contributed by atoms with E-state index in [9.17, 15) is 4.79 Å². The fourth-order valence-corrected chi connectivity index (χ4v) is 4.90. The van der Waals surface area contributed by atoms with Gasteiger partial charge in [0.15, 0.2) is 5.13 Å². The van der Waals surface area contributed by atoms with E-state index in [0.29, 0.717) is 13.0 Å². The molecule has 0 spiro atoms. The second-order valence-corrected chi connectivity index (χ2v) is 8.80.